The number of nitrogens with one attached hydrogen (secondary N) is 1. The van der Waals surface area contributed by atoms with Gasteiger partial charge in [0.05, 0.1) is 12.4 Å². The molecule has 0 aliphatic carbocycles. The third kappa shape index (κ3) is 6.84. The number of halogens is 1. The van der Waals surface area contributed by atoms with Gasteiger partial charge in [0.2, 0.25) is 0 Å². The molecule has 0 amide bonds. The van der Waals surface area contributed by atoms with Crippen LogP contribution in [0.4, 0.5) is 0 Å². The van der Waals surface area contributed by atoms with Crippen LogP contribution in [0, 0.1) is 5.92 Å². The van der Waals surface area contributed by atoms with Gasteiger partial charge in [-0.3, -0.25) is 4.99 Å². The van der Waals surface area contributed by atoms with E-state index in [1.54, 1.807) is 6.26 Å². The summed E-state index contributed by atoms with van der Waals surface area (Å²) in [6.07, 6.45) is 4.20. The van der Waals surface area contributed by atoms with Crippen molar-refractivity contribution in [1.82, 2.24) is 10.2 Å². The first-order valence-corrected chi connectivity index (χ1v) is 9.50. The van der Waals surface area contributed by atoms with Crippen LogP contribution in [0.15, 0.2) is 58.1 Å². The van der Waals surface area contributed by atoms with Crippen LogP contribution in [-0.4, -0.2) is 48.2 Å². The number of guanidine groups is 1. The van der Waals surface area contributed by atoms with Crippen LogP contribution in [0.2, 0.25) is 0 Å². The summed E-state index contributed by atoms with van der Waals surface area (Å²) < 4.78 is 5.39. The first-order chi connectivity index (χ1) is 12.7. The normalized spacial score (nSPS) is 18.2. The molecule has 1 fully saturated rings. The molecule has 1 aliphatic heterocycles. The van der Waals surface area contributed by atoms with Gasteiger partial charge in [-0.25, -0.2) is 0 Å². The number of nitrogens with zero attached hydrogens (tertiary/aromatic N) is 2. The fourth-order valence-electron chi connectivity index (χ4n) is 3.33. The minimum Gasteiger partial charge on any atom is -0.469 e. The van der Waals surface area contributed by atoms with Crippen molar-refractivity contribution in [3.63, 3.8) is 0 Å². The summed E-state index contributed by atoms with van der Waals surface area (Å²) in [6.45, 7) is 5.21. The summed E-state index contributed by atoms with van der Waals surface area (Å²) in [6, 6.07) is 14.4. The topological polar surface area (TPSA) is 61.0 Å². The fourth-order valence-corrected chi connectivity index (χ4v) is 3.33. The van der Waals surface area contributed by atoms with E-state index in [-0.39, 0.29) is 30.1 Å². The quantitative estimate of drug-likeness (QED) is 0.361. The van der Waals surface area contributed by atoms with E-state index < -0.39 is 0 Å². The smallest absolute Gasteiger partial charge is 0.193 e. The Hall–Kier alpha value is -1.54. The van der Waals surface area contributed by atoms with Gasteiger partial charge in [-0.15, -0.1) is 24.0 Å². The Kier molecular flexibility index (Phi) is 9.14. The van der Waals surface area contributed by atoms with Gasteiger partial charge >= 0.3 is 0 Å². The van der Waals surface area contributed by atoms with Gasteiger partial charge in [0, 0.05) is 38.5 Å². The molecular weight excluding hydrogens is 453 g/mol. The third-order valence-corrected chi connectivity index (χ3v) is 4.95. The monoisotopic (exact) mass is 483 g/mol. The molecular formula is C21H30IN3O2. The molecule has 6 heteroatoms. The second-order valence-electron chi connectivity index (χ2n) is 6.93. The minimum atomic E-state index is -0.270. The van der Waals surface area contributed by atoms with E-state index in [1.165, 1.54) is 5.56 Å². The zero-order chi connectivity index (χ0) is 18.2. The van der Waals surface area contributed by atoms with E-state index in [2.05, 4.69) is 34.5 Å². The SMILES string of the molecule is CC(O)C1CCN(C(=NCCc2ccco2)NCCc2ccccc2)C1.I. The largest absolute Gasteiger partial charge is 0.469 e. The number of benzene rings is 1. The van der Waals surface area contributed by atoms with Gasteiger partial charge in [-0.2, -0.15) is 0 Å². The maximum absolute atomic E-state index is 9.88. The van der Waals surface area contributed by atoms with Gasteiger partial charge in [0.1, 0.15) is 5.76 Å². The molecule has 1 aromatic heterocycles. The molecule has 3 rings (SSSR count). The summed E-state index contributed by atoms with van der Waals surface area (Å²) in [5, 5.41) is 13.4. The van der Waals surface area contributed by atoms with Gasteiger partial charge < -0.3 is 19.7 Å². The molecule has 5 nitrogen and oxygen atoms in total. The number of hydrogen-bond donors (Lipinski definition) is 2. The minimum absolute atomic E-state index is 0. The van der Waals surface area contributed by atoms with Gasteiger partial charge in [-0.05, 0) is 37.5 Å². The summed E-state index contributed by atoms with van der Waals surface area (Å²) in [5.74, 6) is 2.22. The molecule has 2 unspecified atom stereocenters. The average Bonchev–Trinajstić information content (AvgIpc) is 3.33. The van der Waals surface area contributed by atoms with Crippen LogP contribution < -0.4 is 5.32 Å². The molecule has 0 spiro atoms. The van der Waals surface area contributed by atoms with Crippen molar-refractivity contribution in [3.8, 4) is 0 Å². The maximum atomic E-state index is 9.88. The van der Waals surface area contributed by atoms with E-state index in [0.29, 0.717) is 12.5 Å². The number of furan rings is 1. The van der Waals surface area contributed by atoms with Crippen molar-refractivity contribution in [2.45, 2.75) is 32.3 Å². The predicted molar refractivity (Wildman–Crippen MR) is 120 cm³/mol. The van der Waals surface area contributed by atoms with Crippen LogP contribution in [0.5, 0.6) is 0 Å². The van der Waals surface area contributed by atoms with Crippen molar-refractivity contribution in [3.05, 3.63) is 60.1 Å². The van der Waals surface area contributed by atoms with E-state index in [0.717, 1.165) is 50.6 Å². The molecule has 2 N–H and O–H groups in total. The van der Waals surface area contributed by atoms with Gasteiger partial charge in [0.25, 0.3) is 0 Å². The predicted octanol–water partition coefficient (Wildman–Crippen LogP) is 3.33. The fraction of sp³-hybridized carbons (Fsp3) is 0.476. The van der Waals surface area contributed by atoms with Crippen LogP contribution >= 0.6 is 24.0 Å². The van der Waals surface area contributed by atoms with Crippen molar-refractivity contribution in [2.24, 2.45) is 10.9 Å². The Bertz CT molecular complexity index is 674. The molecule has 0 bridgehead atoms. The Labute approximate surface area is 178 Å². The summed E-state index contributed by atoms with van der Waals surface area (Å²) >= 11 is 0. The van der Waals surface area contributed by atoms with Crippen molar-refractivity contribution in [1.29, 1.82) is 0 Å². The molecule has 148 valence electrons. The van der Waals surface area contributed by atoms with Gasteiger partial charge in [-0.1, -0.05) is 30.3 Å². The highest BCUT2D eigenvalue weighted by atomic mass is 127. The molecule has 1 aromatic carbocycles. The van der Waals surface area contributed by atoms with E-state index in [9.17, 15) is 5.11 Å². The highest BCUT2D eigenvalue weighted by Gasteiger charge is 2.27. The Morgan fingerprint density at radius 1 is 1.26 bits per heavy atom. The number of aliphatic hydroxyl groups is 1. The standard InChI is InChI=1S/C21H29N3O2.HI/c1-17(25)19-11-14-24(16-19)21(23-13-10-20-8-5-15-26-20)22-12-9-18-6-3-2-4-7-18;/h2-8,15,17,19,25H,9-14,16H2,1H3,(H,22,23);1H. The van der Waals surface area contributed by atoms with Crippen molar-refractivity contribution < 1.29 is 9.52 Å². The highest BCUT2D eigenvalue weighted by molar-refractivity contribution is 14.0. The summed E-state index contributed by atoms with van der Waals surface area (Å²) in [4.78, 5) is 7.06. The lowest BCUT2D eigenvalue weighted by Gasteiger charge is -2.23. The lowest BCUT2D eigenvalue weighted by atomic mass is 10.0. The van der Waals surface area contributed by atoms with Crippen molar-refractivity contribution in [2.75, 3.05) is 26.2 Å². The van der Waals surface area contributed by atoms with Crippen molar-refractivity contribution >= 4 is 29.9 Å². The Balaban J connectivity index is 0.00000261. The molecule has 2 aromatic rings. The Morgan fingerprint density at radius 3 is 2.74 bits per heavy atom. The first-order valence-electron chi connectivity index (χ1n) is 9.50. The zero-order valence-electron chi connectivity index (χ0n) is 15.9. The van der Waals surface area contributed by atoms with Crippen LogP contribution in [0.25, 0.3) is 0 Å². The summed E-state index contributed by atoms with van der Waals surface area (Å²) in [5.41, 5.74) is 1.32. The number of rotatable bonds is 7. The second-order valence-corrected chi connectivity index (χ2v) is 6.93. The van der Waals surface area contributed by atoms with E-state index in [4.69, 9.17) is 9.41 Å². The third-order valence-electron chi connectivity index (χ3n) is 4.95. The van der Waals surface area contributed by atoms with Crippen LogP contribution in [-0.2, 0) is 12.8 Å². The maximum Gasteiger partial charge on any atom is 0.193 e. The molecule has 1 aliphatic rings. The van der Waals surface area contributed by atoms with Crippen LogP contribution in [0.3, 0.4) is 0 Å². The second kappa shape index (κ2) is 11.3. The summed E-state index contributed by atoms with van der Waals surface area (Å²) in [7, 11) is 0. The lowest BCUT2D eigenvalue weighted by Crippen LogP contribution is -2.41. The zero-order valence-corrected chi connectivity index (χ0v) is 18.2. The molecule has 0 saturated carbocycles. The number of likely N-dealkylation sites (tertiary alicyclic amines) is 1. The Morgan fingerprint density at radius 2 is 2.07 bits per heavy atom. The molecule has 2 heterocycles. The molecule has 0 radical (unpaired) electrons. The van der Waals surface area contributed by atoms with E-state index in [1.807, 2.05) is 25.1 Å². The molecule has 2 atom stereocenters. The molecule has 27 heavy (non-hydrogen) atoms. The van der Waals surface area contributed by atoms with E-state index >= 15 is 0 Å². The van der Waals surface area contributed by atoms with Gasteiger partial charge in [0.15, 0.2) is 5.96 Å². The number of aliphatic hydroxyl groups excluding tert-OH is 1. The average molecular weight is 483 g/mol. The number of hydrogen-bond acceptors (Lipinski definition) is 3. The highest BCUT2D eigenvalue weighted by Crippen LogP contribution is 2.19. The lowest BCUT2D eigenvalue weighted by molar-refractivity contribution is 0.132. The van der Waals surface area contributed by atoms with Crippen LogP contribution in [0.1, 0.15) is 24.7 Å². The molecule has 1 saturated heterocycles. The first kappa shape index (κ1) is 21.8. The number of aliphatic imine (C=N–C) groups is 1.